The van der Waals surface area contributed by atoms with Crippen molar-refractivity contribution in [3.63, 3.8) is 0 Å². The summed E-state index contributed by atoms with van der Waals surface area (Å²) in [5.74, 6) is -0.279. The number of alkyl halides is 1. The summed E-state index contributed by atoms with van der Waals surface area (Å²) in [5, 5.41) is 18.6. The standard InChI is InChI=1S/C20H19FN2O2/c21-20(14-24)10-5-11-23(13-20)19(25)18-9-4-3-8-17(18)16-7-2-1-6-15(16)12-22/h1-4,6-9,24H,5,10-11,13-14H2. The molecule has 4 nitrogen and oxygen atoms in total. The van der Waals surface area contributed by atoms with Crippen LogP contribution in [0.15, 0.2) is 48.5 Å². The molecule has 0 spiro atoms. The molecule has 0 bridgehead atoms. The van der Waals surface area contributed by atoms with Gasteiger partial charge >= 0.3 is 0 Å². The molecule has 1 N–H and O–H groups in total. The lowest BCUT2D eigenvalue weighted by Gasteiger charge is -2.36. The highest BCUT2D eigenvalue weighted by Gasteiger charge is 2.37. The van der Waals surface area contributed by atoms with Gasteiger partial charge in [0.2, 0.25) is 0 Å². The number of carbonyl (C=O) groups is 1. The van der Waals surface area contributed by atoms with Crippen LogP contribution in [0.4, 0.5) is 4.39 Å². The molecule has 1 heterocycles. The van der Waals surface area contributed by atoms with Gasteiger partial charge in [-0.1, -0.05) is 36.4 Å². The van der Waals surface area contributed by atoms with Crippen LogP contribution >= 0.6 is 0 Å². The zero-order valence-electron chi connectivity index (χ0n) is 13.8. The molecule has 1 unspecified atom stereocenters. The second kappa shape index (κ2) is 7.04. The van der Waals surface area contributed by atoms with Crippen LogP contribution in [0.2, 0.25) is 0 Å². The zero-order chi connectivity index (χ0) is 17.9. The minimum atomic E-state index is -1.74. The van der Waals surface area contributed by atoms with Crippen molar-refractivity contribution >= 4 is 5.91 Å². The van der Waals surface area contributed by atoms with Crippen LogP contribution < -0.4 is 0 Å². The van der Waals surface area contributed by atoms with Crippen molar-refractivity contribution in [3.05, 3.63) is 59.7 Å². The maximum absolute atomic E-state index is 14.5. The fourth-order valence-electron chi connectivity index (χ4n) is 3.28. The number of hydrogen-bond donors (Lipinski definition) is 1. The smallest absolute Gasteiger partial charge is 0.254 e. The van der Waals surface area contributed by atoms with Gasteiger partial charge in [0.25, 0.3) is 5.91 Å². The summed E-state index contributed by atoms with van der Waals surface area (Å²) < 4.78 is 14.5. The first-order valence-corrected chi connectivity index (χ1v) is 8.25. The Bertz CT molecular complexity index is 830. The Morgan fingerprint density at radius 3 is 2.60 bits per heavy atom. The molecule has 5 heteroatoms. The molecule has 128 valence electrons. The van der Waals surface area contributed by atoms with E-state index >= 15 is 0 Å². The Labute approximate surface area is 146 Å². The van der Waals surface area contributed by atoms with Crippen molar-refractivity contribution in [2.75, 3.05) is 19.7 Å². The lowest BCUT2D eigenvalue weighted by molar-refractivity contribution is 0.00177. The number of hydrogen-bond acceptors (Lipinski definition) is 3. The SMILES string of the molecule is N#Cc1ccccc1-c1ccccc1C(=O)N1CCCC(F)(CO)C1. The van der Waals surface area contributed by atoms with E-state index in [1.807, 2.05) is 12.1 Å². The topological polar surface area (TPSA) is 64.3 Å². The highest BCUT2D eigenvalue weighted by atomic mass is 19.1. The van der Waals surface area contributed by atoms with Gasteiger partial charge in [0, 0.05) is 17.7 Å². The molecule has 0 radical (unpaired) electrons. The van der Waals surface area contributed by atoms with E-state index in [9.17, 15) is 19.6 Å². The fraction of sp³-hybridized carbons (Fsp3) is 0.300. The van der Waals surface area contributed by atoms with Gasteiger partial charge in [-0.2, -0.15) is 5.26 Å². The first kappa shape index (κ1) is 17.1. The van der Waals surface area contributed by atoms with E-state index in [0.29, 0.717) is 35.2 Å². The number of halogens is 1. The summed E-state index contributed by atoms with van der Waals surface area (Å²) >= 11 is 0. The van der Waals surface area contributed by atoms with Crippen LogP contribution in [-0.4, -0.2) is 41.3 Å². The molecule has 1 aliphatic heterocycles. The zero-order valence-corrected chi connectivity index (χ0v) is 13.8. The molecular formula is C20H19FN2O2. The van der Waals surface area contributed by atoms with Gasteiger partial charge < -0.3 is 10.0 Å². The Morgan fingerprint density at radius 2 is 1.88 bits per heavy atom. The summed E-state index contributed by atoms with van der Waals surface area (Å²) in [7, 11) is 0. The normalized spacial score (nSPS) is 20.1. The Kier molecular flexibility index (Phi) is 4.82. The molecule has 2 aromatic rings. The molecule has 0 aliphatic carbocycles. The predicted octanol–water partition coefficient (Wildman–Crippen LogP) is 3.16. The van der Waals surface area contributed by atoms with Crippen LogP contribution in [0, 0.1) is 11.3 Å². The van der Waals surface area contributed by atoms with Crippen molar-refractivity contribution in [1.82, 2.24) is 4.90 Å². The van der Waals surface area contributed by atoms with Gasteiger partial charge in [0.1, 0.15) is 0 Å². The molecule has 1 aliphatic rings. The molecule has 1 atom stereocenters. The van der Waals surface area contributed by atoms with Crippen molar-refractivity contribution < 1.29 is 14.3 Å². The van der Waals surface area contributed by atoms with Gasteiger partial charge in [-0.25, -0.2) is 4.39 Å². The third kappa shape index (κ3) is 3.40. The minimum Gasteiger partial charge on any atom is -0.393 e. The van der Waals surface area contributed by atoms with Crippen molar-refractivity contribution in [2.45, 2.75) is 18.5 Å². The third-order valence-corrected chi connectivity index (χ3v) is 4.59. The second-order valence-electron chi connectivity index (χ2n) is 6.34. The Morgan fingerprint density at radius 1 is 1.20 bits per heavy atom. The summed E-state index contributed by atoms with van der Waals surface area (Å²) in [4.78, 5) is 14.4. The van der Waals surface area contributed by atoms with E-state index in [1.165, 1.54) is 4.90 Å². The van der Waals surface area contributed by atoms with Crippen LogP contribution in [0.1, 0.15) is 28.8 Å². The fourth-order valence-corrected chi connectivity index (χ4v) is 3.28. The maximum Gasteiger partial charge on any atom is 0.254 e. The van der Waals surface area contributed by atoms with Crippen LogP contribution in [-0.2, 0) is 0 Å². The summed E-state index contributed by atoms with van der Waals surface area (Å²) in [5.41, 5.74) is 0.514. The lowest BCUT2D eigenvalue weighted by atomic mass is 9.92. The van der Waals surface area contributed by atoms with Gasteiger partial charge in [-0.15, -0.1) is 0 Å². The second-order valence-corrected chi connectivity index (χ2v) is 6.34. The molecule has 1 fully saturated rings. The molecule has 0 aromatic heterocycles. The number of rotatable bonds is 3. The third-order valence-electron chi connectivity index (χ3n) is 4.59. The first-order chi connectivity index (χ1) is 12.1. The summed E-state index contributed by atoms with van der Waals surface area (Å²) in [6.07, 6.45) is 0.770. The molecule has 0 saturated carbocycles. The van der Waals surface area contributed by atoms with Gasteiger partial charge in [-0.05, 0) is 30.5 Å². The van der Waals surface area contributed by atoms with Gasteiger partial charge in [0.15, 0.2) is 5.67 Å². The molecule has 1 amide bonds. The lowest BCUT2D eigenvalue weighted by Crippen LogP contribution is -2.49. The average molecular weight is 338 g/mol. The largest absolute Gasteiger partial charge is 0.393 e. The summed E-state index contributed by atoms with van der Waals surface area (Å²) in [6, 6.07) is 16.3. The van der Waals surface area contributed by atoms with E-state index in [0.717, 1.165) is 0 Å². The number of benzene rings is 2. The van der Waals surface area contributed by atoms with Crippen LogP contribution in [0.25, 0.3) is 11.1 Å². The molecular weight excluding hydrogens is 319 g/mol. The van der Waals surface area contributed by atoms with Gasteiger partial charge in [0.05, 0.1) is 24.8 Å². The molecule has 3 rings (SSSR count). The molecule has 2 aromatic carbocycles. The van der Waals surface area contributed by atoms with Crippen molar-refractivity contribution in [1.29, 1.82) is 5.26 Å². The number of piperidine rings is 1. The highest BCUT2D eigenvalue weighted by Crippen LogP contribution is 2.30. The number of aliphatic hydroxyl groups excluding tert-OH is 1. The quantitative estimate of drug-likeness (QED) is 0.935. The number of aliphatic hydroxyl groups is 1. The van der Waals surface area contributed by atoms with E-state index in [2.05, 4.69) is 6.07 Å². The predicted molar refractivity (Wildman–Crippen MR) is 92.7 cm³/mol. The number of likely N-dealkylation sites (tertiary alicyclic amines) is 1. The summed E-state index contributed by atoms with van der Waals surface area (Å²) in [6.45, 7) is -0.245. The number of nitrogens with zero attached hydrogens (tertiary/aromatic N) is 2. The number of nitriles is 1. The maximum atomic E-state index is 14.5. The van der Waals surface area contributed by atoms with Gasteiger partial charge in [-0.3, -0.25) is 4.79 Å². The Balaban J connectivity index is 1.99. The number of carbonyl (C=O) groups excluding carboxylic acids is 1. The van der Waals surface area contributed by atoms with Crippen LogP contribution in [0.5, 0.6) is 0 Å². The van der Waals surface area contributed by atoms with E-state index in [1.54, 1.807) is 36.4 Å². The van der Waals surface area contributed by atoms with Crippen molar-refractivity contribution in [3.8, 4) is 17.2 Å². The average Bonchev–Trinajstić information content (AvgIpc) is 2.67. The van der Waals surface area contributed by atoms with Crippen LogP contribution in [0.3, 0.4) is 0 Å². The van der Waals surface area contributed by atoms with E-state index < -0.39 is 12.3 Å². The highest BCUT2D eigenvalue weighted by molar-refractivity contribution is 6.01. The van der Waals surface area contributed by atoms with Crippen molar-refractivity contribution in [2.24, 2.45) is 0 Å². The monoisotopic (exact) mass is 338 g/mol. The Hall–Kier alpha value is -2.71. The van der Waals surface area contributed by atoms with E-state index in [4.69, 9.17) is 0 Å². The van der Waals surface area contributed by atoms with E-state index in [-0.39, 0.29) is 18.9 Å². The molecule has 25 heavy (non-hydrogen) atoms. The number of amides is 1. The minimum absolute atomic E-state index is 0.115. The molecule has 1 saturated heterocycles. The first-order valence-electron chi connectivity index (χ1n) is 8.25.